The molecule has 3 nitrogen and oxygen atoms in total. The molecule has 0 unspecified atom stereocenters. The molecule has 0 radical (unpaired) electrons. The van der Waals surface area contributed by atoms with E-state index in [-0.39, 0.29) is 0 Å². The average Bonchev–Trinajstić information content (AvgIpc) is 2.93. The van der Waals surface area contributed by atoms with Crippen molar-refractivity contribution in [2.45, 2.75) is 6.61 Å². The highest BCUT2D eigenvalue weighted by atomic mass is 35.5. The quantitative estimate of drug-likeness (QED) is 0.696. The number of benzene rings is 2. The van der Waals surface area contributed by atoms with E-state index in [2.05, 4.69) is 4.98 Å². The van der Waals surface area contributed by atoms with Gasteiger partial charge in [-0.15, -0.1) is 11.3 Å². The Hall–Kier alpha value is -1.75. The summed E-state index contributed by atoms with van der Waals surface area (Å²) in [7, 11) is 0. The summed E-state index contributed by atoms with van der Waals surface area (Å²) < 4.78 is 5.80. The molecule has 2 N–H and O–H groups in total. The van der Waals surface area contributed by atoms with Crippen molar-refractivity contribution < 1.29 is 4.74 Å². The van der Waals surface area contributed by atoms with Crippen molar-refractivity contribution in [2.75, 3.05) is 5.73 Å². The van der Waals surface area contributed by atoms with Gasteiger partial charge < -0.3 is 10.5 Å². The molecule has 0 aliphatic carbocycles. The minimum atomic E-state index is 0.374. The highest BCUT2D eigenvalue weighted by Crippen LogP contribution is 2.27. The van der Waals surface area contributed by atoms with Crippen LogP contribution in [0.2, 0.25) is 10.0 Å². The van der Waals surface area contributed by atoms with E-state index in [0.29, 0.717) is 21.8 Å². The van der Waals surface area contributed by atoms with Gasteiger partial charge in [-0.05, 0) is 24.3 Å². The summed E-state index contributed by atoms with van der Waals surface area (Å²) in [6, 6.07) is 13.1. The normalized spacial score (nSPS) is 10.6. The molecule has 0 amide bonds. The molecular formula is C16H12Cl2N2OS. The zero-order chi connectivity index (χ0) is 15.5. The Morgan fingerprint density at radius 3 is 2.73 bits per heavy atom. The van der Waals surface area contributed by atoms with Gasteiger partial charge in [-0.3, -0.25) is 0 Å². The maximum atomic E-state index is 6.14. The van der Waals surface area contributed by atoms with Gasteiger partial charge in [0.15, 0.2) is 5.13 Å². The first-order valence-electron chi connectivity index (χ1n) is 6.50. The van der Waals surface area contributed by atoms with E-state index in [1.807, 2.05) is 35.7 Å². The number of thiazole rings is 1. The van der Waals surface area contributed by atoms with Crippen LogP contribution in [0, 0.1) is 0 Å². The minimum Gasteiger partial charge on any atom is -0.489 e. The summed E-state index contributed by atoms with van der Waals surface area (Å²) in [5.41, 5.74) is 8.36. The molecule has 1 heterocycles. The SMILES string of the molecule is Nc1nc(-c2cccc(OCc3ccc(Cl)cc3Cl)c2)cs1. The number of rotatable bonds is 4. The maximum absolute atomic E-state index is 6.14. The standard InChI is InChI=1S/C16H12Cl2N2OS/c17-12-5-4-11(14(18)7-12)8-21-13-3-1-2-10(6-13)15-9-22-16(19)20-15/h1-7,9H,8H2,(H2,19,20). The third-order valence-electron chi connectivity index (χ3n) is 3.06. The fraction of sp³-hybridized carbons (Fsp3) is 0.0625. The first-order valence-corrected chi connectivity index (χ1v) is 8.13. The average molecular weight is 351 g/mol. The second kappa shape index (κ2) is 6.57. The minimum absolute atomic E-state index is 0.374. The molecule has 3 rings (SSSR count). The van der Waals surface area contributed by atoms with Crippen molar-refractivity contribution in [3.63, 3.8) is 0 Å². The van der Waals surface area contributed by atoms with Crippen LogP contribution in [0.1, 0.15) is 5.56 Å². The van der Waals surface area contributed by atoms with E-state index in [1.54, 1.807) is 12.1 Å². The highest BCUT2D eigenvalue weighted by Gasteiger charge is 2.06. The molecule has 0 spiro atoms. The van der Waals surface area contributed by atoms with Gasteiger partial charge in [0.2, 0.25) is 0 Å². The van der Waals surface area contributed by atoms with Crippen LogP contribution in [-0.4, -0.2) is 4.98 Å². The summed E-state index contributed by atoms with van der Waals surface area (Å²) >= 11 is 13.4. The molecule has 0 aliphatic rings. The van der Waals surface area contributed by atoms with Crippen LogP contribution in [0.15, 0.2) is 47.8 Å². The number of ether oxygens (including phenoxy) is 1. The van der Waals surface area contributed by atoms with Crippen LogP contribution in [0.25, 0.3) is 11.3 Å². The van der Waals surface area contributed by atoms with E-state index in [1.165, 1.54) is 11.3 Å². The van der Waals surface area contributed by atoms with E-state index in [9.17, 15) is 0 Å². The van der Waals surface area contributed by atoms with Gasteiger partial charge in [-0.2, -0.15) is 0 Å². The number of nitrogens with zero attached hydrogens (tertiary/aromatic N) is 1. The van der Waals surface area contributed by atoms with Crippen molar-refractivity contribution in [1.29, 1.82) is 0 Å². The van der Waals surface area contributed by atoms with Gasteiger partial charge in [0.25, 0.3) is 0 Å². The molecular weight excluding hydrogens is 339 g/mol. The van der Waals surface area contributed by atoms with Crippen molar-refractivity contribution in [3.8, 4) is 17.0 Å². The molecule has 0 atom stereocenters. The second-order valence-corrected chi connectivity index (χ2v) is 6.36. The van der Waals surface area contributed by atoms with Gasteiger partial charge in [0.05, 0.1) is 5.69 Å². The zero-order valence-corrected chi connectivity index (χ0v) is 13.8. The van der Waals surface area contributed by atoms with Crippen molar-refractivity contribution in [3.05, 3.63) is 63.5 Å². The first kappa shape index (κ1) is 15.2. The predicted molar refractivity (Wildman–Crippen MR) is 92.8 cm³/mol. The van der Waals surface area contributed by atoms with Gasteiger partial charge in [0.1, 0.15) is 12.4 Å². The first-order chi connectivity index (χ1) is 10.6. The fourth-order valence-corrected chi connectivity index (χ4v) is 3.00. The molecule has 112 valence electrons. The molecule has 2 aromatic carbocycles. The molecule has 0 aliphatic heterocycles. The van der Waals surface area contributed by atoms with Crippen molar-refractivity contribution >= 4 is 39.7 Å². The van der Waals surface area contributed by atoms with Crippen LogP contribution in [0.4, 0.5) is 5.13 Å². The molecule has 1 aromatic heterocycles. The second-order valence-electron chi connectivity index (χ2n) is 4.62. The number of hydrogen-bond donors (Lipinski definition) is 1. The Kier molecular flexibility index (Phi) is 4.52. The van der Waals surface area contributed by atoms with Gasteiger partial charge in [0, 0.05) is 26.6 Å². The lowest BCUT2D eigenvalue weighted by Gasteiger charge is -2.09. The van der Waals surface area contributed by atoms with Crippen molar-refractivity contribution in [2.24, 2.45) is 0 Å². The van der Waals surface area contributed by atoms with Crippen LogP contribution in [-0.2, 0) is 6.61 Å². The number of nitrogens with two attached hydrogens (primary N) is 1. The molecule has 0 saturated carbocycles. The van der Waals surface area contributed by atoms with Crippen LogP contribution in [0.3, 0.4) is 0 Å². The summed E-state index contributed by atoms with van der Waals surface area (Å²) in [5, 5.41) is 3.67. The number of hydrogen-bond acceptors (Lipinski definition) is 4. The van der Waals surface area contributed by atoms with E-state index in [0.717, 1.165) is 22.6 Å². The summed E-state index contributed by atoms with van der Waals surface area (Å²) in [6.07, 6.45) is 0. The largest absolute Gasteiger partial charge is 0.489 e. The van der Waals surface area contributed by atoms with E-state index >= 15 is 0 Å². The van der Waals surface area contributed by atoms with Crippen LogP contribution in [0.5, 0.6) is 5.75 Å². The Bertz CT molecular complexity index is 804. The number of anilines is 1. The number of aromatic nitrogens is 1. The summed E-state index contributed by atoms with van der Waals surface area (Å²) in [6.45, 7) is 0.374. The van der Waals surface area contributed by atoms with Crippen LogP contribution < -0.4 is 10.5 Å². The topological polar surface area (TPSA) is 48.1 Å². The third-order valence-corrected chi connectivity index (χ3v) is 4.32. The Morgan fingerprint density at radius 2 is 2.00 bits per heavy atom. The summed E-state index contributed by atoms with van der Waals surface area (Å²) in [4.78, 5) is 4.27. The molecule has 3 aromatic rings. The van der Waals surface area contributed by atoms with Gasteiger partial charge in [-0.25, -0.2) is 4.98 Å². The van der Waals surface area contributed by atoms with E-state index < -0.39 is 0 Å². The monoisotopic (exact) mass is 350 g/mol. The molecule has 22 heavy (non-hydrogen) atoms. The third kappa shape index (κ3) is 3.53. The molecule has 0 saturated heterocycles. The Labute approximate surface area is 142 Å². The molecule has 6 heteroatoms. The van der Waals surface area contributed by atoms with Crippen LogP contribution >= 0.6 is 34.5 Å². The van der Waals surface area contributed by atoms with Gasteiger partial charge >= 0.3 is 0 Å². The highest BCUT2D eigenvalue weighted by molar-refractivity contribution is 7.13. The van der Waals surface area contributed by atoms with Gasteiger partial charge in [-0.1, -0.05) is 41.4 Å². The zero-order valence-electron chi connectivity index (χ0n) is 11.4. The number of halogens is 2. The lowest BCUT2D eigenvalue weighted by Crippen LogP contribution is -1.96. The number of nitrogen functional groups attached to an aromatic ring is 1. The maximum Gasteiger partial charge on any atom is 0.180 e. The van der Waals surface area contributed by atoms with E-state index in [4.69, 9.17) is 33.7 Å². The Balaban J connectivity index is 1.75. The lowest BCUT2D eigenvalue weighted by atomic mass is 10.1. The summed E-state index contributed by atoms with van der Waals surface area (Å²) in [5.74, 6) is 0.745. The van der Waals surface area contributed by atoms with Crippen molar-refractivity contribution in [1.82, 2.24) is 4.98 Å². The lowest BCUT2D eigenvalue weighted by molar-refractivity contribution is 0.306. The fourth-order valence-electron chi connectivity index (χ4n) is 1.97. The smallest absolute Gasteiger partial charge is 0.180 e. The Morgan fingerprint density at radius 1 is 1.14 bits per heavy atom. The predicted octanol–water partition coefficient (Wildman–Crippen LogP) is 5.28. The molecule has 0 bridgehead atoms. The molecule has 0 fully saturated rings.